The van der Waals surface area contributed by atoms with Gasteiger partial charge in [0, 0.05) is 28.1 Å². The minimum absolute atomic E-state index is 0.0327. The molecule has 4 heteroatoms. The first-order valence-electron chi connectivity index (χ1n) is 7.24. The van der Waals surface area contributed by atoms with Crippen molar-refractivity contribution in [3.8, 4) is 0 Å². The molecule has 3 aromatic rings. The number of halogens is 1. The molecule has 0 spiro atoms. The summed E-state index contributed by atoms with van der Waals surface area (Å²) >= 11 is 2.27. The van der Waals surface area contributed by atoms with E-state index >= 15 is 0 Å². The highest BCUT2D eigenvalue weighted by molar-refractivity contribution is 14.1. The number of para-hydroxylation sites is 2. The molecule has 3 rings (SSSR count). The van der Waals surface area contributed by atoms with Crippen LogP contribution in [0.4, 0.5) is 5.69 Å². The summed E-state index contributed by atoms with van der Waals surface area (Å²) in [7, 11) is 1.94. The molecule has 0 aliphatic carbocycles. The van der Waals surface area contributed by atoms with Crippen molar-refractivity contribution in [2.75, 3.05) is 11.4 Å². The fourth-order valence-electron chi connectivity index (χ4n) is 2.73. The van der Waals surface area contributed by atoms with E-state index in [-0.39, 0.29) is 5.91 Å². The van der Waals surface area contributed by atoms with Gasteiger partial charge in [-0.25, -0.2) is 0 Å². The van der Waals surface area contributed by atoms with Crippen LogP contribution in [-0.2, 0) is 7.05 Å². The first-order valence-corrected chi connectivity index (χ1v) is 8.32. The van der Waals surface area contributed by atoms with Gasteiger partial charge in [-0.1, -0.05) is 30.3 Å². The van der Waals surface area contributed by atoms with Crippen molar-refractivity contribution in [3.63, 3.8) is 0 Å². The van der Waals surface area contributed by atoms with E-state index in [0.29, 0.717) is 12.2 Å². The lowest BCUT2D eigenvalue weighted by atomic mass is 10.2. The fraction of sp³-hybridized carbons (Fsp3) is 0.167. The van der Waals surface area contributed by atoms with Gasteiger partial charge in [-0.15, -0.1) is 0 Å². The van der Waals surface area contributed by atoms with E-state index in [2.05, 4.69) is 22.6 Å². The summed E-state index contributed by atoms with van der Waals surface area (Å²) in [6, 6.07) is 18.0. The zero-order chi connectivity index (χ0) is 15.7. The zero-order valence-electron chi connectivity index (χ0n) is 12.6. The maximum absolute atomic E-state index is 13.0. The van der Waals surface area contributed by atoms with Crippen LogP contribution in [0, 0.1) is 3.57 Å². The second kappa shape index (κ2) is 6.12. The van der Waals surface area contributed by atoms with Crippen molar-refractivity contribution < 1.29 is 4.79 Å². The number of anilines is 1. The van der Waals surface area contributed by atoms with Gasteiger partial charge < -0.3 is 9.47 Å². The van der Waals surface area contributed by atoms with Gasteiger partial charge in [0.05, 0.1) is 5.69 Å². The highest BCUT2D eigenvalue weighted by atomic mass is 127. The Bertz CT molecular complexity index is 838. The van der Waals surface area contributed by atoms with Crippen LogP contribution in [0.1, 0.15) is 17.4 Å². The van der Waals surface area contributed by atoms with Crippen LogP contribution in [0.2, 0.25) is 0 Å². The number of hydrogen-bond acceptors (Lipinski definition) is 1. The Labute approximate surface area is 143 Å². The molecule has 0 bridgehead atoms. The number of hydrogen-bond donors (Lipinski definition) is 0. The number of carbonyl (C=O) groups excluding carboxylic acids is 1. The third-order valence-electron chi connectivity index (χ3n) is 3.88. The lowest BCUT2D eigenvalue weighted by Crippen LogP contribution is -2.32. The molecule has 0 N–H and O–H groups in total. The van der Waals surface area contributed by atoms with Crippen LogP contribution in [0.3, 0.4) is 0 Å². The van der Waals surface area contributed by atoms with E-state index in [0.717, 1.165) is 20.2 Å². The average molecular weight is 404 g/mol. The first kappa shape index (κ1) is 15.1. The molecule has 0 aliphatic heterocycles. The SMILES string of the molecule is CCN(C(=O)c1cc2ccccc2n1C)c1ccccc1I. The van der Waals surface area contributed by atoms with Gasteiger partial charge in [0.25, 0.3) is 5.91 Å². The van der Waals surface area contributed by atoms with Gasteiger partial charge in [0.2, 0.25) is 0 Å². The molecule has 0 aliphatic rings. The Morgan fingerprint density at radius 1 is 1.14 bits per heavy atom. The van der Waals surface area contributed by atoms with Crippen LogP contribution in [0.15, 0.2) is 54.6 Å². The number of aryl methyl sites for hydroxylation is 1. The summed E-state index contributed by atoms with van der Waals surface area (Å²) in [6.07, 6.45) is 0. The largest absolute Gasteiger partial charge is 0.340 e. The smallest absolute Gasteiger partial charge is 0.274 e. The first-order chi connectivity index (χ1) is 10.6. The number of amides is 1. The molecule has 1 amide bonds. The van der Waals surface area contributed by atoms with E-state index in [1.165, 1.54) is 0 Å². The van der Waals surface area contributed by atoms with E-state index in [4.69, 9.17) is 0 Å². The topological polar surface area (TPSA) is 25.2 Å². The third-order valence-corrected chi connectivity index (χ3v) is 4.79. The quantitative estimate of drug-likeness (QED) is 0.593. The molecule has 112 valence electrons. The normalized spacial score (nSPS) is 10.9. The monoisotopic (exact) mass is 404 g/mol. The molecule has 0 radical (unpaired) electrons. The van der Waals surface area contributed by atoms with Crippen LogP contribution in [0.5, 0.6) is 0 Å². The minimum Gasteiger partial charge on any atom is -0.340 e. The molecule has 0 saturated carbocycles. The lowest BCUT2D eigenvalue weighted by Gasteiger charge is -2.22. The van der Waals surface area contributed by atoms with Crippen molar-refractivity contribution >= 4 is 45.1 Å². The standard InChI is InChI=1S/C18H17IN2O/c1-3-21(16-11-7-5-9-14(16)19)18(22)17-12-13-8-4-6-10-15(13)20(17)2/h4-12H,3H2,1-2H3. The maximum atomic E-state index is 13.0. The van der Waals surface area contributed by atoms with Crippen molar-refractivity contribution in [2.45, 2.75) is 6.92 Å². The van der Waals surface area contributed by atoms with Crippen LogP contribution in [-0.4, -0.2) is 17.0 Å². The number of nitrogens with zero attached hydrogens (tertiary/aromatic N) is 2. The molecule has 0 fully saturated rings. The van der Waals surface area contributed by atoms with Crippen molar-refractivity contribution in [1.82, 2.24) is 4.57 Å². The maximum Gasteiger partial charge on any atom is 0.274 e. The zero-order valence-corrected chi connectivity index (χ0v) is 14.7. The van der Waals surface area contributed by atoms with Gasteiger partial charge in [-0.05, 0) is 53.8 Å². The molecule has 22 heavy (non-hydrogen) atoms. The Morgan fingerprint density at radius 3 is 2.50 bits per heavy atom. The molecular formula is C18H17IN2O. The molecule has 0 saturated heterocycles. The molecule has 3 nitrogen and oxygen atoms in total. The highest BCUT2D eigenvalue weighted by Crippen LogP contribution is 2.25. The molecule has 1 heterocycles. The summed E-state index contributed by atoms with van der Waals surface area (Å²) in [5, 5.41) is 1.09. The van der Waals surface area contributed by atoms with Gasteiger partial charge in [-0.3, -0.25) is 4.79 Å². The number of fused-ring (bicyclic) bond motifs is 1. The molecule has 1 aromatic heterocycles. The van der Waals surface area contributed by atoms with Crippen molar-refractivity contribution in [1.29, 1.82) is 0 Å². The second-order valence-corrected chi connectivity index (χ2v) is 6.31. The number of carbonyl (C=O) groups is 1. The fourth-order valence-corrected chi connectivity index (χ4v) is 3.40. The van der Waals surface area contributed by atoms with Gasteiger partial charge in [-0.2, -0.15) is 0 Å². The Morgan fingerprint density at radius 2 is 1.82 bits per heavy atom. The minimum atomic E-state index is 0.0327. The summed E-state index contributed by atoms with van der Waals surface area (Å²) in [5.74, 6) is 0.0327. The van der Waals surface area contributed by atoms with Crippen molar-refractivity contribution in [3.05, 3.63) is 63.9 Å². The van der Waals surface area contributed by atoms with E-state index in [1.54, 1.807) is 0 Å². The predicted octanol–water partition coefficient (Wildman–Crippen LogP) is 4.45. The summed E-state index contributed by atoms with van der Waals surface area (Å²) < 4.78 is 3.05. The van der Waals surface area contributed by atoms with Crippen LogP contribution >= 0.6 is 22.6 Å². The second-order valence-electron chi connectivity index (χ2n) is 5.15. The lowest BCUT2D eigenvalue weighted by molar-refractivity contribution is 0.0981. The van der Waals surface area contributed by atoms with Gasteiger partial charge in [0.15, 0.2) is 0 Å². The predicted molar refractivity (Wildman–Crippen MR) is 99.4 cm³/mol. The number of aromatic nitrogens is 1. The molecular weight excluding hydrogens is 387 g/mol. The van der Waals surface area contributed by atoms with E-state index < -0.39 is 0 Å². The summed E-state index contributed by atoms with van der Waals surface area (Å²) in [6.45, 7) is 2.64. The van der Waals surface area contributed by atoms with Crippen LogP contribution in [0.25, 0.3) is 10.9 Å². The Kier molecular flexibility index (Phi) is 4.20. The number of benzene rings is 2. The Hall–Kier alpha value is -1.82. The third kappa shape index (κ3) is 2.52. The Balaban J connectivity index is 2.07. The summed E-state index contributed by atoms with van der Waals surface area (Å²) in [4.78, 5) is 14.9. The van der Waals surface area contributed by atoms with Crippen LogP contribution < -0.4 is 4.90 Å². The number of rotatable bonds is 3. The van der Waals surface area contributed by atoms with Crippen molar-refractivity contribution in [2.24, 2.45) is 7.05 Å². The average Bonchev–Trinajstić information content (AvgIpc) is 2.87. The van der Waals surface area contributed by atoms with E-state index in [9.17, 15) is 4.79 Å². The summed E-state index contributed by atoms with van der Waals surface area (Å²) in [5.41, 5.74) is 2.74. The highest BCUT2D eigenvalue weighted by Gasteiger charge is 2.21. The molecule has 0 atom stereocenters. The van der Waals surface area contributed by atoms with E-state index in [1.807, 2.05) is 78.0 Å². The van der Waals surface area contributed by atoms with Gasteiger partial charge in [0.1, 0.15) is 5.69 Å². The van der Waals surface area contributed by atoms with Gasteiger partial charge >= 0.3 is 0 Å². The molecule has 2 aromatic carbocycles. The molecule has 0 unspecified atom stereocenters.